The molecule has 0 spiro atoms. The van der Waals surface area contributed by atoms with Crippen LogP contribution in [0.25, 0.3) is 0 Å². The average molecular weight is 493 g/mol. The molecular formula is C14H18BrFN8O4S. The van der Waals surface area contributed by atoms with Gasteiger partial charge in [-0.1, -0.05) is 0 Å². The Bertz CT molecular complexity index is 993. The predicted octanol–water partition coefficient (Wildman–Crippen LogP) is 0.437. The van der Waals surface area contributed by atoms with Crippen LogP contribution in [0.3, 0.4) is 0 Å². The van der Waals surface area contributed by atoms with Crippen molar-refractivity contribution in [3.8, 4) is 0 Å². The molecule has 1 aliphatic heterocycles. The van der Waals surface area contributed by atoms with Gasteiger partial charge in [0.1, 0.15) is 5.82 Å². The summed E-state index contributed by atoms with van der Waals surface area (Å²) in [5.41, 5.74) is 5.31. The summed E-state index contributed by atoms with van der Waals surface area (Å²) in [6.45, 7) is 1.27. The Hall–Kier alpha value is -2.17. The van der Waals surface area contributed by atoms with Crippen LogP contribution in [0.4, 0.5) is 15.9 Å². The number of nitrogens with one attached hydrogen (secondary N) is 3. The first-order valence-electron chi connectivity index (χ1n) is 8.31. The van der Waals surface area contributed by atoms with Crippen LogP contribution in [0.1, 0.15) is 5.69 Å². The molecule has 0 aliphatic carbocycles. The molecule has 0 amide bonds. The fraction of sp³-hybridized carbons (Fsp3) is 0.357. The zero-order chi connectivity index (χ0) is 21.0. The van der Waals surface area contributed by atoms with E-state index < -0.39 is 16.0 Å². The molecule has 0 atom stereocenters. The molecule has 1 saturated heterocycles. The fourth-order valence-corrected chi connectivity index (χ4v) is 3.82. The highest BCUT2D eigenvalue weighted by atomic mass is 79.9. The molecule has 29 heavy (non-hydrogen) atoms. The van der Waals surface area contributed by atoms with E-state index in [1.165, 1.54) is 29.6 Å². The minimum Gasteiger partial charge on any atom is -0.298 e. The number of halogens is 2. The Morgan fingerprint density at radius 3 is 2.66 bits per heavy atom. The molecule has 1 aromatic carbocycles. The van der Waals surface area contributed by atoms with Gasteiger partial charge in [-0.15, -0.1) is 0 Å². The summed E-state index contributed by atoms with van der Waals surface area (Å²) in [4.78, 5) is 4.17. The molecule has 0 bridgehead atoms. The van der Waals surface area contributed by atoms with Gasteiger partial charge in [0, 0.05) is 33.2 Å². The largest absolute Gasteiger partial charge is 0.298 e. The summed E-state index contributed by atoms with van der Waals surface area (Å²) in [5, 5.41) is 18.7. The van der Waals surface area contributed by atoms with E-state index in [0.29, 0.717) is 18.8 Å². The van der Waals surface area contributed by atoms with Gasteiger partial charge < -0.3 is 0 Å². The second-order valence-electron chi connectivity index (χ2n) is 5.84. The third kappa shape index (κ3) is 5.06. The van der Waals surface area contributed by atoms with Gasteiger partial charge in [0.25, 0.3) is 10.2 Å². The van der Waals surface area contributed by atoms with Crippen molar-refractivity contribution in [2.45, 2.75) is 0 Å². The van der Waals surface area contributed by atoms with Crippen LogP contribution in [0.2, 0.25) is 0 Å². The number of hydrogen-bond donors (Lipinski definition) is 4. The maximum atomic E-state index is 13.4. The smallest absolute Gasteiger partial charge is 0.279 e. The van der Waals surface area contributed by atoms with Crippen molar-refractivity contribution in [3.05, 3.63) is 34.2 Å². The van der Waals surface area contributed by atoms with Gasteiger partial charge in [-0.3, -0.25) is 16.1 Å². The number of aromatic nitrogens is 2. The molecule has 1 fully saturated rings. The topological polar surface area (TPSA) is 148 Å². The molecule has 4 N–H and O–H groups in total. The number of benzene rings is 1. The molecular weight excluding hydrogens is 475 g/mol. The zero-order valence-corrected chi connectivity index (χ0v) is 17.5. The molecule has 158 valence electrons. The second kappa shape index (κ2) is 9.10. The summed E-state index contributed by atoms with van der Waals surface area (Å²) < 4.78 is 45.6. The molecule has 0 radical (unpaired) electrons. The average Bonchev–Trinajstić information content (AvgIpc) is 3.17. The van der Waals surface area contributed by atoms with Crippen LogP contribution in [-0.2, 0) is 10.2 Å². The third-order valence-electron chi connectivity index (χ3n) is 4.06. The number of aliphatic imine (C=N–C) groups is 1. The number of hydrogen-bond acceptors (Lipinski definition) is 9. The Morgan fingerprint density at radius 2 is 2.03 bits per heavy atom. The van der Waals surface area contributed by atoms with E-state index in [-0.39, 0.29) is 34.9 Å². The molecule has 12 nitrogen and oxygen atoms in total. The minimum absolute atomic E-state index is 0.0799. The Morgan fingerprint density at radius 1 is 1.31 bits per heavy atom. The first-order valence-corrected chi connectivity index (χ1v) is 10.5. The minimum atomic E-state index is -3.48. The van der Waals surface area contributed by atoms with Crippen LogP contribution in [0, 0.1) is 5.82 Å². The molecule has 2 heterocycles. The van der Waals surface area contributed by atoms with Gasteiger partial charge >= 0.3 is 0 Å². The van der Waals surface area contributed by atoms with Crippen LogP contribution < -0.4 is 15.6 Å². The molecule has 3 rings (SSSR count). The fourth-order valence-electron chi connectivity index (χ4n) is 2.55. The standard InChI is InChI=1S/C14H18BrFN8O4S/c1-17-29(26,27)24-6-4-23(5-7-24)19-14-12(21-28-22-14)13(20-25)18-9-2-3-11(16)10(15)8-9/h2-3,8,17,25H,4-7H2,1H3,(H,18,20)(H,19,22). The van der Waals surface area contributed by atoms with E-state index >= 15 is 0 Å². The molecule has 0 saturated carbocycles. The van der Waals surface area contributed by atoms with Crippen molar-refractivity contribution in [1.82, 2.24) is 29.8 Å². The van der Waals surface area contributed by atoms with E-state index in [2.05, 4.69) is 41.4 Å². The number of amidine groups is 1. The lowest BCUT2D eigenvalue weighted by Crippen LogP contribution is -2.52. The highest BCUT2D eigenvalue weighted by Gasteiger charge is 2.27. The van der Waals surface area contributed by atoms with E-state index in [9.17, 15) is 18.0 Å². The van der Waals surface area contributed by atoms with Crippen molar-refractivity contribution in [2.24, 2.45) is 4.99 Å². The van der Waals surface area contributed by atoms with Crippen molar-refractivity contribution < 1.29 is 22.6 Å². The van der Waals surface area contributed by atoms with Crippen LogP contribution >= 0.6 is 15.9 Å². The number of hydroxylamine groups is 1. The van der Waals surface area contributed by atoms with Gasteiger partial charge in [0.15, 0.2) is 11.5 Å². The molecule has 1 aromatic heterocycles. The summed E-state index contributed by atoms with van der Waals surface area (Å²) in [6.07, 6.45) is 0. The highest BCUT2D eigenvalue weighted by molar-refractivity contribution is 9.10. The molecule has 15 heteroatoms. The van der Waals surface area contributed by atoms with Gasteiger partial charge in [0.05, 0.1) is 10.2 Å². The summed E-state index contributed by atoms with van der Waals surface area (Å²) in [5.74, 6) is -0.368. The van der Waals surface area contributed by atoms with Gasteiger partial charge in [-0.2, -0.15) is 12.7 Å². The number of piperazine rings is 1. The van der Waals surface area contributed by atoms with Crippen LogP contribution in [-0.4, -0.2) is 72.3 Å². The monoisotopic (exact) mass is 492 g/mol. The Kier molecular flexibility index (Phi) is 6.76. The second-order valence-corrected chi connectivity index (χ2v) is 8.57. The van der Waals surface area contributed by atoms with Crippen LogP contribution in [0.15, 0.2) is 32.3 Å². The molecule has 0 unspecified atom stereocenters. The zero-order valence-electron chi connectivity index (χ0n) is 15.1. The lowest BCUT2D eigenvalue weighted by Gasteiger charge is -2.33. The SMILES string of the molecule is CNS(=O)(=O)N1CCN(Nc2nonc2C(=Nc2ccc(F)c(Br)c2)NO)CC1. The first-order chi connectivity index (χ1) is 13.8. The first kappa shape index (κ1) is 21.5. The number of rotatable bonds is 6. The van der Waals surface area contributed by atoms with E-state index in [1.807, 2.05) is 5.48 Å². The normalized spacial score (nSPS) is 16.8. The quantitative estimate of drug-likeness (QED) is 0.256. The molecule has 2 aromatic rings. The number of anilines is 1. The maximum Gasteiger partial charge on any atom is 0.279 e. The van der Waals surface area contributed by atoms with Crippen molar-refractivity contribution in [3.63, 3.8) is 0 Å². The van der Waals surface area contributed by atoms with Crippen LogP contribution in [0.5, 0.6) is 0 Å². The predicted molar refractivity (Wildman–Crippen MR) is 104 cm³/mol. The third-order valence-corrected chi connectivity index (χ3v) is 6.23. The van der Waals surface area contributed by atoms with Gasteiger partial charge in [-0.05, 0) is 44.4 Å². The van der Waals surface area contributed by atoms with Crippen molar-refractivity contribution >= 4 is 43.5 Å². The summed E-state index contributed by atoms with van der Waals surface area (Å²) in [7, 11) is -2.13. The summed E-state index contributed by atoms with van der Waals surface area (Å²) in [6, 6.07) is 4.06. The van der Waals surface area contributed by atoms with E-state index in [0.717, 1.165) is 0 Å². The van der Waals surface area contributed by atoms with Crippen molar-refractivity contribution in [1.29, 1.82) is 0 Å². The van der Waals surface area contributed by atoms with E-state index in [4.69, 9.17) is 4.63 Å². The van der Waals surface area contributed by atoms with Gasteiger partial charge in [0.2, 0.25) is 5.82 Å². The van der Waals surface area contributed by atoms with Gasteiger partial charge in [-0.25, -0.2) is 23.7 Å². The lowest BCUT2D eigenvalue weighted by molar-refractivity contribution is 0.216. The number of hydrazine groups is 1. The summed E-state index contributed by atoms with van der Waals surface area (Å²) >= 11 is 3.07. The molecule has 1 aliphatic rings. The Labute approximate surface area is 174 Å². The number of nitrogens with zero attached hydrogens (tertiary/aromatic N) is 5. The maximum absolute atomic E-state index is 13.4. The highest BCUT2D eigenvalue weighted by Crippen LogP contribution is 2.23. The van der Waals surface area contributed by atoms with Crippen molar-refractivity contribution in [2.75, 3.05) is 38.7 Å². The Balaban J connectivity index is 1.73. The lowest BCUT2D eigenvalue weighted by atomic mass is 10.3. The van der Waals surface area contributed by atoms with E-state index in [1.54, 1.807) is 5.01 Å².